The molecular weight excluding hydrogens is 228 g/mol. The van der Waals surface area contributed by atoms with E-state index in [4.69, 9.17) is 4.74 Å². The van der Waals surface area contributed by atoms with E-state index in [9.17, 15) is 4.79 Å². The Hall–Kier alpha value is -1.42. The quantitative estimate of drug-likeness (QED) is 0.748. The summed E-state index contributed by atoms with van der Waals surface area (Å²) in [6.45, 7) is 5.73. The van der Waals surface area contributed by atoms with Gasteiger partial charge in [-0.05, 0) is 45.0 Å². The molecule has 1 aliphatic heterocycles. The SMILES string of the molecule is Cc1ccc(OCCN2CCCCC2)c(C=O)n1. The Morgan fingerprint density at radius 2 is 2.11 bits per heavy atom. The maximum atomic E-state index is 10.9. The molecule has 0 N–H and O–H groups in total. The largest absolute Gasteiger partial charge is 0.490 e. The van der Waals surface area contributed by atoms with Crippen molar-refractivity contribution in [3.8, 4) is 5.75 Å². The van der Waals surface area contributed by atoms with Gasteiger partial charge in [-0.15, -0.1) is 0 Å². The second-order valence-corrected chi connectivity index (χ2v) is 4.70. The Kier molecular flexibility index (Phi) is 4.70. The zero-order chi connectivity index (χ0) is 12.8. The molecule has 2 rings (SSSR count). The molecule has 0 radical (unpaired) electrons. The van der Waals surface area contributed by atoms with E-state index in [0.29, 0.717) is 18.1 Å². The van der Waals surface area contributed by atoms with E-state index in [-0.39, 0.29) is 0 Å². The minimum Gasteiger partial charge on any atom is -0.490 e. The molecule has 1 aliphatic rings. The molecule has 0 saturated carbocycles. The number of ether oxygens (including phenoxy) is 1. The van der Waals surface area contributed by atoms with Crippen molar-refractivity contribution in [1.29, 1.82) is 0 Å². The van der Waals surface area contributed by atoms with Gasteiger partial charge in [0, 0.05) is 12.2 Å². The molecule has 1 fully saturated rings. The Labute approximate surface area is 108 Å². The predicted octanol–water partition coefficient (Wildman–Crippen LogP) is 2.07. The molecule has 0 spiro atoms. The van der Waals surface area contributed by atoms with Crippen LogP contribution < -0.4 is 4.74 Å². The van der Waals surface area contributed by atoms with E-state index in [1.807, 2.05) is 19.1 Å². The van der Waals surface area contributed by atoms with E-state index < -0.39 is 0 Å². The molecule has 18 heavy (non-hydrogen) atoms. The van der Waals surface area contributed by atoms with E-state index in [1.165, 1.54) is 19.3 Å². The highest BCUT2D eigenvalue weighted by Gasteiger charge is 2.10. The molecule has 0 bridgehead atoms. The number of aryl methyl sites for hydroxylation is 1. The number of hydrogen-bond donors (Lipinski definition) is 0. The molecule has 0 amide bonds. The summed E-state index contributed by atoms with van der Waals surface area (Å²) in [7, 11) is 0. The standard InChI is InChI=1S/C14H20N2O2/c1-12-5-6-14(13(11-17)15-12)18-10-9-16-7-3-2-4-8-16/h5-6,11H,2-4,7-10H2,1H3. The van der Waals surface area contributed by atoms with Crippen LogP contribution in [-0.4, -0.2) is 42.4 Å². The third-order valence-electron chi connectivity index (χ3n) is 3.25. The van der Waals surface area contributed by atoms with Crippen LogP contribution in [0, 0.1) is 6.92 Å². The summed E-state index contributed by atoms with van der Waals surface area (Å²) in [4.78, 5) is 17.5. The van der Waals surface area contributed by atoms with Crippen molar-refractivity contribution in [2.24, 2.45) is 0 Å². The van der Waals surface area contributed by atoms with Crippen LogP contribution in [0.2, 0.25) is 0 Å². The molecule has 1 saturated heterocycles. The lowest BCUT2D eigenvalue weighted by molar-refractivity contribution is 0.111. The number of carbonyl (C=O) groups excluding carboxylic acids is 1. The average Bonchev–Trinajstić information content (AvgIpc) is 2.41. The molecule has 0 atom stereocenters. The highest BCUT2D eigenvalue weighted by molar-refractivity contribution is 5.76. The fraction of sp³-hybridized carbons (Fsp3) is 0.571. The number of likely N-dealkylation sites (tertiary alicyclic amines) is 1. The minimum atomic E-state index is 0.397. The molecular formula is C14H20N2O2. The molecule has 98 valence electrons. The molecule has 4 heteroatoms. The van der Waals surface area contributed by atoms with Crippen molar-refractivity contribution in [1.82, 2.24) is 9.88 Å². The van der Waals surface area contributed by atoms with Gasteiger partial charge in [-0.2, -0.15) is 0 Å². The van der Waals surface area contributed by atoms with Crippen molar-refractivity contribution >= 4 is 6.29 Å². The van der Waals surface area contributed by atoms with Crippen molar-refractivity contribution in [3.63, 3.8) is 0 Å². The monoisotopic (exact) mass is 248 g/mol. The Morgan fingerprint density at radius 3 is 2.83 bits per heavy atom. The topological polar surface area (TPSA) is 42.4 Å². The van der Waals surface area contributed by atoms with Crippen LogP contribution in [0.25, 0.3) is 0 Å². The number of pyridine rings is 1. The Bertz CT molecular complexity index is 401. The Balaban J connectivity index is 1.84. The number of carbonyl (C=O) groups is 1. The first kappa shape index (κ1) is 13.0. The number of aromatic nitrogens is 1. The van der Waals surface area contributed by atoms with Gasteiger partial charge in [0.25, 0.3) is 0 Å². The second-order valence-electron chi connectivity index (χ2n) is 4.70. The van der Waals surface area contributed by atoms with Gasteiger partial charge in [0.2, 0.25) is 0 Å². The highest BCUT2D eigenvalue weighted by Crippen LogP contribution is 2.15. The summed E-state index contributed by atoms with van der Waals surface area (Å²) in [6, 6.07) is 3.69. The lowest BCUT2D eigenvalue weighted by Gasteiger charge is -2.26. The zero-order valence-corrected chi connectivity index (χ0v) is 10.9. The van der Waals surface area contributed by atoms with Crippen LogP contribution in [0.3, 0.4) is 0 Å². The van der Waals surface area contributed by atoms with Crippen LogP contribution >= 0.6 is 0 Å². The van der Waals surface area contributed by atoms with Crippen molar-refractivity contribution in [3.05, 3.63) is 23.5 Å². The lowest BCUT2D eigenvalue weighted by atomic mass is 10.1. The summed E-state index contributed by atoms with van der Waals surface area (Å²) in [6.07, 6.45) is 4.66. The van der Waals surface area contributed by atoms with Gasteiger partial charge in [0.05, 0.1) is 0 Å². The normalized spacial score (nSPS) is 16.5. The van der Waals surface area contributed by atoms with Gasteiger partial charge >= 0.3 is 0 Å². The van der Waals surface area contributed by atoms with Gasteiger partial charge in [-0.3, -0.25) is 9.69 Å². The Morgan fingerprint density at radius 1 is 1.33 bits per heavy atom. The summed E-state index contributed by atoms with van der Waals surface area (Å²) in [5, 5.41) is 0. The highest BCUT2D eigenvalue weighted by atomic mass is 16.5. The fourth-order valence-electron chi connectivity index (χ4n) is 2.24. The second kappa shape index (κ2) is 6.50. The predicted molar refractivity (Wildman–Crippen MR) is 70.1 cm³/mol. The first-order chi connectivity index (χ1) is 8.79. The molecule has 2 heterocycles. The molecule has 0 unspecified atom stereocenters. The molecule has 4 nitrogen and oxygen atoms in total. The molecule has 1 aromatic rings. The number of piperidine rings is 1. The van der Waals surface area contributed by atoms with E-state index in [0.717, 1.165) is 31.6 Å². The van der Waals surface area contributed by atoms with Crippen LogP contribution in [0.15, 0.2) is 12.1 Å². The first-order valence-electron chi connectivity index (χ1n) is 6.57. The smallest absolute Gasteiger partial charge is 0.172 e. The van der Waals surface area contributed by atoms with Crippen LogP contribution in [0.1, 0.15) is 35.4 Å². The molecule has 0 aliphatic carbocycles. The molecule has 0 aromatic carbocycles. The van der Waals surface area contributed by atoms with Crippen molar-refractivity contribution in [2.45, 2.75) is 26.2 Å². The van der Waals surface area contributed by atoms with Crippen LogP contribution in [0.5, 0.6) is 5.75 Å². The number of hydrogen-bond acceptors (Lipinski definition) is 4. The lowest BCUT2D eigenvalue weighted by Crippen LogP contribution is -2.33. The first-order valence-corrected chi connectivity index (χ1v) is 6.57. The average molecular weight is 248 g/mol. The van der Waals surface area contributed by atoms with Crippen LogP contribution in [-0.2, 0) is 0 Å². The van der Waals surface area contributed by atoms with Gasteiger partial charge < -0.3 is 4.74 Å². The summed E-state index contributed by atoms with van der Waals surface area (Å²) >= 11 is 0. The number of rotatable bonds is 5. The third-order valence-corrected chi connectivity index (χ3v) is 3.25. The number of nitrogens with zero attached hydrogens (tertiary/aromatic N) is 2. The zero-order valence-electron chi connectivity index (χ0n) is 10.9. The van der Waals surface area contributed by atoms with E-state index >= 15 is 0 Å². The summed E-state index contributed by atoms with van der Waals surface area (Å²) in [5.74, 6) is 0.590. The van der Waals surface area contributed by atoms with Gasteiger partial charge in [0.15, 0.2) is 6.29 Å². The van der Waals surface area contributed by atoms with Gasteiger partial charge in [0.1, 0.15) is 18.1 Å². The number of aldehydes is 1. The third kappa shape index (κ3) is 3.53. The summed E-state index contributed by atoms with van der Waals surface area (Å²) < 4.78 is 5.65. The minimum absolute atomic E-state index is 0.397. The van der Waals surface area contributed by atoms with Crippen LogP contribution in [0.4, 0.5) is 0 Å². The molecule has 1 aromatic heterocycles. The maximum absolute atomic E-state index is 10.9. The van der Waals surface area contributed by atoms with Crippen molar-refractivity contribution < 1.29 is 9.53 Å². The van der Waals surface area contributed by atoms with E-state index in [2.05, 4.69) is 9.88 Å². The van der Waals surface area contributed by atoms with Gasteiger partial charge in [-0.1, -0.05) is 6.42 Å². The van der Waals surface area contributed by atoms with Crippen molar-refractivity contribution in [2.75, 3.05) is 26.2 Å². The summed E-state index contributed by atoms with van der Waals surface area (Å²) in [5.41, 5.74) is 1.23. The van der Waals surface area contributed by atoms with Gasteiger partial charge in [-0.25, -0.2) is 4.98 Å². The fourth-order valence-corrected chi connectivity index (χ4v) is 2.24. The maximum Gasteiger partial charge on any atom is 0.172 e. The van der Waals surface area contributed by atoms with E-state index in [1.54, 1.807) is 0 Å².